The van der Waals surface area contributed by atoms with Crippen molar-refractivity contribution in [2.45, 2.75) is 26.7 Å². The maximum atomic E-state index is 12.0. The zero-order chi connectivity index (χ0) is 14.4. The summed E-state index contributed by atoms with van der Waals surface area (Å²) in [6.07, 6.45) is 1.61. The molecule has 106 valence electrons. The van der Waals surface area contributed by atoms with Crippen molar-refractivity contribution in [3.8, 4) is 11.8 Å². The minimum atomic E-state index is -1.31. The number of hydrogen-bond acceptors (Lipinski definition) is 5. The molecule has 1 rings (SSSR count). The number of unbranched alkanes of at least 4 members (excludes halogenated alkanes) is 1. The topological polar surface area (TPSA) is 90.7 Å². The molecule has 0 bridgehead atoms. The van der Waals surface area contributed by atoms with Crippen LogP contribution >= 0.6 is 0 Å². The van der Waals surface area contributed by atoms with Gasteiger partial charge in [0.2, 0.25) is 11.4 Å². The molecule has 1 N–H and O–H groups in total. The number of hydrogen-bond donors (Lipinski definition) is 1. The Kier molecular flexibility index (Phi) is 5.35. The number of aromatic nitrogens is 2. The van der Waals surface area contributed by atoms with Crippen molar-refractivity contribution in [2.75, 3.05) is 13.2 Å². The van der Waals surface area contributed by atoms with Crippen LogP contribution in [0, 0.1) is 0 Å². The highest BCUT2D eigenvalue weighted by atomic mass is 16.5. The minimum Gasteiger partial charge on any atom is -0.486 e. The summed E-state index contributed by atoms with van der Waals surface area (Å²) < 4.78 is 11.5. The number of carboxylic acid groups (broad SMARTS) is 1. The van der Waals surface area contributed by atoms with E-state index in [0.29, 0.717) is 0 Å². The first-order valence-electron chi connectivity index (χ1n) is 6.12. The molecule has 0 unspecified atom stereocenters. The molecular weight excluding hydrogens is 252 g/mol. The molecule has 7 heteroatoms. The zero-order valence-electron chi connectivity index (χ0n) is 11.3. The molecule has 0 fully saturated rings. The van der Waals surface area contributed by atoms with Crippen molar-refractivity contribution in [1.82, 2.24) is 9.55 Å². The van der Waals surface area contributed by atoms with Crippen molar-refractivity contribution in [1.29, 1.82) is 0 Å². The molecule has 0 spiro atoms. The average molecular weight is 270 g/mol. The van der Waals surface area contributed by atoms with Crippen LogP contribution < -0.4 is 15.0 Å². The summed E-state index contributed by atoms with van der Waals surface area (Å²) >= 11 is 0. The van der Waals surface area contributed by atoms with Gasteiger partial charge in [-0.25, -0.2) is 4.79 Å². The first kappa shape index (κ1) is 15.0. The SMILES string of the molecule is CCCCOc1c(C(=O)O)nc(OCC)n(C)c1=O. The van der Waals surface area contributed by atoms with Crippen molar-refractivity contribution in [3.63, 3.8) is 0 Å². The summed E-state index contributed by atoms with van der Waals surface area (Å²) in [7, 11) is 1.46. The van der Waals surface area contributed by atoms with Gasteiger partial charge >= 0.3 is 5.97 Å². The molecule has 0 atom stereocenters. The van der Waals surface area contributed by atoms with Gasteiger partial charge in [0.25, 0.3) is 11.6 Å². The number of rotatable bonds is 7. The Morgan fingerprint density at radius 1 is 1.37 bits per heavy atom. The molecule has 1 aromatic rings. The van der Waals surface area contributed by atoms with Gasteiger partial charge in [-0.1, -0.05) is 13.3 Å². The van der Waals surface area contributed by atoms with E-state index >= 15 is 0 Å². The highest BCUT2D eigenvalue weighted by molar-refractivity contribution is 5.88. The lowest BCUT2D eigenvalue weighted by atomic mass is 10.3. The van der Waals surface area contributed by atoms with Gasteiger partial charge < -0.3 is 14.6 Å². The van der Waals surface area contributed by atoms with E-state index in [9.17, 15) is 9.59 Å². The van der Waals surface area contributed by atoms with Crippen LogP contribution in [0.1, 0.15) is 37.2 Å². The molecule has 1 heterocycles. The normalized spacial score (nSPS) is 10.3. The minimum absolute atomic E-state index is 0.0345. The van der Waals surface area contributed by atoms with Crippen molar-refractivity contribution < 1.29 is 19.4 Å². The summed E-state index contributed by atoms with van der Waals surface area (Å²) in [4.78, 5) is 27.0. The van der Waals surface area contributed by atoms with Gasteiger partial charge in [-0.05, 0) is 13.3 Å². The molecule has 0 aliphatic carbocycles. The summed E-state index contributed by atoms with van der Waals surface area (Å²) in [6, 6.07) is -0.0345. The third-order valence-electron chi connectivity index (χ3n) is 2.43. The van der Waals surface area contributed by atoms with Gasteiger partial charge in [0.1, 0.15) is 0 Å². The van der Waals surface area contributed by atoms with Gasteiger partial charge in [-0.15, -0.1) is 0 Å². The summed E-state index contributed by atoms with van der Waals surface area (Å²) in [5.74, 6) is -1.56. The van der Waals surface area contributed by atoms with Crippen molar-refractivity contribution >= 4 is 5.97 Å². The smallest absolute Gasteiger partial charge is 0.358 e. The second kappa shape index (κ2) is 6.77. The predicted molar refractivity (Wildman–Crippen MR) is 68.0 cm³/mol. The highest BCUT2D eigenvalue weighted by Crippen LogP contribution is 2.15. The molecule has 0 saturated carbocycles. The van der Waals surface area contributed by atoms with E-state index in [1.54, 1.807) is 6.92 Å². The van der Waals surface area contributed by atoms with Crippen LogP contribution in [0.3, 0.4) is 0 Å². The molecule has 0 aromatic carbocycles. The standard InChI is InChI=1S/C12H18N2O5/c1-4-6-7-19-9-8(11(16)17)13-12(18-5-2)14(3)10(9)15/h4-7H2,1-3H3,(H,16,17). The largest absolute Gasteiger partial charge is 0.486 e. The Morgan fingerprint density at radius 3 is 2.58 bits per heavy atom. The number of ether oxygens (including phenoxy) is 2. The Bertz CT molecular complexity index is 510. The lowest BCUT2D eigenvalue weighted by molar-refractivity contribution is 0.0682. The Balaban J connectivity index is 3.23. The van der Waals surface area contributed by atoms with Crippen LogP contribution in [-0.2, 0) is 7.05 Å². The van der Waals surface area contributed by atoms with Crippen LogP contribution in [0.5, 0.6) is 11.8 Å². The van der Waals surface area contributed by atoms with Gasteiger partial charge in [0, 0.05) is 7.05 Å². The second-order valence-electron chi connectivity index (χ2n) is 3.88. The summed E-state index contributed by atoms with van der Waals surface area (Å²) in [6.45, 7) is 4.26. The number of carbonyl (C=O) groups is 1. The maximum Gasteiger partial charge on any atom is 0.358 e. The number of nitrogens with zero attached hydrogens (tertiary/aromatic N) is 2. The molecule has 0 aliphatic rings. The molecular formula is C12H18N2O5. The fourth-order valence-electron chi connectivity index (χ4n) is 1.41. The van der Waals surface area contributed by atoms with Gasteiger partial charge in [0.05, 0.1) is 13.2 Å². The van der Waals surface area contributed by atoms with Gasteiger partial charge in [-0.3, -0.25) is 9.36 Å². The summed E-state index contributed by atoms with van der Waals surface area (Å²) in [5, 5.41) is 9.08. The highest BCUT2D eigenvalue weighted by Gasteiger charge is 2.21. The van der Waals surface area contributed by atoms with Crippen LogP contribution in [-0.4, -0.2) is 33.8 Å². The van der Waals surface area contributed by atoms with Crippen molar-refractivity contribution in [3.05, 3.63) is 16.0 Å². The maximum absolute atomic E-state index is 12.0. The fraction of sp³-hybridized carbons (Fsp3) is 0.583. The van der Waals surface area contributed by atoms with E-state index in [0.717, 1.165) is 17.4 Å². The quantitative estimate of drug-likeness (QED) is 0.745. The van der Waals surface area contributed by atoms with Gasteiger partial charge in [-0.2, -0.15) is 4.98 Å². The molecule has 0 amide bonds. The molecule has 19 heavy (non-hydrogen) atoms. The van der Waals surface area contributed by atoms with E-state index in [1.807, 2.05) is 6.92 Å². The van der Waals surface area contributed by atoms with Crippen LogP contribution in [0.4, 0.5) is 0 Å². The molecule has 7 nitrogen and oxygen atoms in total. The van der Waals surface area contributed by atoms with E-state index < -0.39 is 17.2 Å². The second-order valence-corrected chi connectivity index (χ2v) is 3.88. The fourth-order valence-corrected chi connectivity index (χ4v) is 1.41. The molecule has 1 aromatic heterocycles. The molecule has 0 saturated heterocycles. The van der Waals surface area contributed by atoms with Gasteiger partial charge in [0.15, 0.2) is 0 Å². The van der Waals surface area contributed by atoms with E-state index in [2.05, 4.69) is 4.98 Å². The zero-order valence-corrected chi connectivity index (χ0v) is 11.3. The van der Waals surface area contributed by atoms with E-state index in [1.165, 1.54) is 7.05 Å². The first-order valence-corrected chi connectivity index (χ1v) is 6.12. The Labute approximate surface area is 110 Å². The van der Waals surface area contributed by atoms with Crippen LogP contribution in [0.25, 0.3) is 0 Å². The predicted octanol–water partition coefficient (Wildman–Crippen LogP) is 1.06. The van der Waals surface area contributed by atoms with E-state index in [4.69, 9.17) is 14.6 Å². The third-order valence-corrected chi connectivity index (χ3v) is 2.43. The summed E-state index contributed by atoms with van der Waals surface area (Å²) in [5.41, 5.74) is -0.977. The Hall–Kier alpha value is -2.05. The number of aromatic carboxylic acids is 1. The van der Waals surface area contributed by atoms with Crippen molar-refractivity contribution in [2.24, 2.45) is 7.05 Å². The number of carboxylic acids is 1. The Morgan fingerprint density at radius 2 is 2.05 bits per heavy atom. The lowest BCUT2D eigenvalue weighted by Crippen LogP contribution is -2.26. The van der Waals surface area contributed by atoms with Crippen LogP contribution in [0.2, 0.25) is 0 Å². The lowest BCUT2D eigenvalue weighted by Gasteiger charge is -2.12. The van der Waals surface area contributed by atoms with Crippen LogP contribution in [0.15, 0.2) is 4.79 Å². The van der Waals surface area contributed by atoms with E-state index in [-0.39, 0.29) is 25.0 Å². The monoisotopic (exact) mass is 270 g/mol. The molecule has 0 radical (unpaired) electrons. The molecule has 0 aliphatic heterocycles. The third kappa shape index (κ3) is 3.46. The average Bonchev–Trinajstić information content (AvgIpc) is 2.37. The first-order chi connectivity index (χ1) is 9.02.